The Hall–Kier alpha value is -3.42. The first-order valence-electron chi connectivity index (χ1n) is 31.5. The number of hydrogen-bond acceptors (Lipinski definition) is 10. The third-order valence-electron chi connectivity index (χ3n) is 14.2. The predicted octanol–water partition coefficient (Wildman–Crippen LogP) is 15.1. The molecule has 0 aromatic carbocycles. The van der Waals surface area contributed by atoms with E-state index in [2.05, 4.69) is 111 Å². The van der Waals surface area contributed by atoms with Gasteiger partial charge in [-0.2, -0.15) is 0 Å². The summed E-state index contributed by atoms with van der Waals surface area (Å²) < 4.78 is 17.6. The summed E-state index contributed by atoms with van der Waals surface area (Å²) in [5.74, 6) is -1.25. The second kappa shape index (κ2) is 54.2. The summed E-state index contributed by atoms with van der Waals surface area (Å²) in [5.41, 5.74) is 0. The smallest absolute Gasteiger partial charge is 0.306 e. The second-order valence-electron chi connectivity index (χ2n) is 21.4. The number of esters is 1. The summed E-state index contributed by atoms with van der Waals surface area (Å²) in [6.07, 6.45) is 61.5. The van der Waals surface area contributed by atoms with Crippen molar-refractivity contribution in [2.24, 2.45) is 0 Å². The molecule has 0 bridgehead atoms. The van der Waals surface area contributed by atoms with Crippen LogP contribution in [0.4, 0.5) is 0 Å². The molecular weight excluding hydrogens is 979 g/mol. The highest BCUT2D eigenvalue weighted by Crippen LogP contribution is 2.26. The van der Waals surface area contributed by atoms with Crippen LogP contribution in [-0.2, 0) is 23.8 Å². The van der Waals surface area contributed by atoms with Gasteiger partial charge in [0, 0.05) is 6.42 Å². The van der Waals surface area contributed by atoms with Gasteiger partial charge in [0.1, 0.15) is 24.4 Å². The Labute approximate surface area is 475 Å². The Bertz CT molecular complexity index is 1630. The first-order valence-corrected chi connectivity index (χ1v) is 31.5. The van der Waals surface area contributed by atoms with E-state index >= 15 is 0 Å². The lowest BCUT2D eigenvalue weighted by atomic mass is 9.99. The fourth-order valence-electron chi connectivity index (χ4n) is 9.24. The number of carbonyl (C=O) groups is 2. The van der Waals surface area contributed by atoms with Crippen LogP contribution < -0.4 is 5.32 Å². The van der Waals surface area contributed by atoms with Crippen LogP contribution in [0.5, 0.6) is 0 Å². The van der Waals surface area contributed by atoms with Gasteiger partial charge in [0.15, 0.2) is 12.4 Å². The van der Waals surface area contributed by atoms with Crippen molar-refractivity contribution in [3.05, 3.63) is 97.2 Å². The zero-order valence-corrected chi connectivity index (χ0v) is 49.5. The number of ether oxygens (including phenoxy) is 3. The van der Waals surface area contributed by atoms with Crippen LogP contribution in [0.1, 0.15) is 252 Å². The monoisotopic (exact) mass is 1090 g/mol. The number of aliphatic hydroxyl groups excluding tert-OH is 5. The lowest BCUT2D eigenvalue weighted by molar-refractivity contribution is -0.305. The number of unbranched alkanes of at least 4 members (excludes halogenated alkanes) is 24. The highest BCUT2D eigenvalue weighted by atomic mass is 16.7. The fraction of sp³-hybridized carbons (Fsp3) is 0.731. The average Bonchev–Trinajstić information content (AvgIpc) is 3.45. The van der Waals surface area contributed by atoms with Crippen molar-refractivity contribution in [2.45, 2.75) is 301 Å². The summed E-state index contributed by atoms with van der Waals surface area (Å²) in [7, 11) is 0. The van der Waals surface area contributed by atoms with E-state index in [1.165, 1.54) is 103 Å². The molecule has 0 aromatic heterocycles. The maximum Gasteiger partial charge on any atom is 0.306 e. The highest BCUT2D eigenvalue weighted by molar-refractivity contribution is 5.80. The van der Waals surface area contributed by atoms with E-state index in [9.17, 15) is 35.1 Å². The molecule has 1 fully saturated rings. The molecular formula is C67H115NO10. The van der Waals surface area contributed by atoms with E-state index in [1.54, 1.807) is 6.08 Å². The molecule has 1 rings (SSSR count). The third-order valence-corrected chi connectivity index (χ3v) is 14.2. The topological polar surface area (TPSA) is 175 Å². The molecule has 0 aromatic rings. The van der Waals surface area contributed by atoms with Gasteiger partial charge >= 0.3 is 5.97 Å². The van der Waals surface area contributed by atoms with Crippen molar-refractivity contribution in [2.75, 3.05) is 13.2 Å². The van der Waals surface area contributed by atoms with Gasteiger partial charge in [0.05, 0.1) is 25.4 Å². The molecule has 0 radical (unpaired) electrons. The number of nitrogens with one attached hydrogen (secondary N) is 1. The number of amides is 1. The Morgan fingerprint density at radius 3 is 1.40 bits per heavy atom. The average molecular weight is 1090 g/mol. The zero-order chi connectivity index (χ0) is 56.8. The van der Waals surface area contributed by atoms with E-state index in [4.69, 9.17) is 14.2 Å². The van der Waals surface area contributed by atoms with Crippen LogP contribution in [0.3, 0.4) is 0 Å². The molecule has 1 aliphatic heterocycles. The summed E-state index contributed by atoms with van der Waals surface area (Å²) in [6, 6.07) is -1.04. The lowest BCUT2D eigenvalue weighted by Crippen LogP contribution is -2.61. The first-order chi connectivity index (χ1) is 38.2. The first kappa shape index (κ1) is 72.6. The molecule has 11 heteroatoms. The van der Waals surface area contributed by atoms with Crippen LogP contribution in [0.15, 0.2) is 97.2 Å². The molecule has 1 aliphatic rings. The molecule has 6 N–H and O–H groups in total. The van der Waals surface area contributed by atoms with Gasteiger partial charge in [0.25, 0.3) is 0 Å². The van der Waals surface area contributed by atoms with Gasteiger partial charge in [0.2, 0.25) is 5.91 Å². The van der Waals surface area contributed by atoms with Crippen molar-refractivity contribution in [1.82, 2.24) is 5.32 Å². The predicted molar refractivity (Wildman–Crippen MR) is 324 cm³/mol. The van der Waals surface area contributed by atoms with Gasteiger partial charge in [-0.15, -0.1) is 0 Å². The SMILES string of the molecule is CC/C=C\C/C=C\C/C=C\C/C=C\C/C=C\C/C=C\CCCCC(=O)OC1C(OCC(NC(=O)C(O)CCCCCCCC/C=C/CCCCCCCC)C(O)/C=C/CCCCCCCCCCCC)OC(CO)C(O)C1O. The number of carbonyl (C=O) groups excluding carboxylic acids is 2. The highest BCUT2D eigenvalue weighted by Gasteiger charge is 2.47. The summed E-state index contributed by atoms with van der Waals surface area (Å²) in [4.78, 5) is 26.5. The minimum atomic E-state index is -1.64. The van der Waals surface area contributed by atoms with E-state index in [1.807, 2.05) is 6.08 Å². The van der Waals surface area contributed by atoms with Crippen LogP contribution in [0, 0.1) is 0 Å². The van der Waals surface area contributed by atoms with Crippen LogP contribution >= 0.6 is 0 Å². The Morgan fingerprint density at radius 1 is 0.513 bits per heavy atom. The molecule has 11 nitrogen and oxygen atoms in total. The molecule has 448 valence electrons. The third kappa shape index (κ3) is 41.6. The summed E-state index contributed by atoms with van der Waals surface area (Å²) in [5, 5.41) is 57.0. The summed E-state index contributed by atoms with van der Waals surface area (Å²) in [6.45, 7) is 5.64. The fourth-order valence-corrected chi connectivity index (χ4v) is 9.24. The van der Waals surface area contributed by atoms with Gasteiger partial charge in [-0.1, -0.05) is 240 Å². The van der Waals surface area contributed by atoms with Gasteiger partial charge < -0.3 is 45.1 Å². The van der Waals surface area contributed by atoms with E-state index in [0.717, 1.165) is 103 Å². The van der Waals surface area contributed by atoms with Crippen molar-refractivity contribution in [1.29, 1.82) is 0 Å². The van der Waals surface area contributed by atoms with Gasteiger partial charge in [-0.3, -0.25) is 9.59 Å². The standard InChI is InChI=1S/C67H115NO10/c1-4-7-10-13-16-19-22-25-27-29-30-31-32-33-35-37-40-43-46-49-52-55-62(72)78-65-64(74)63(73)61(56-69)77-67(65)76-57-58(59(70)53-50-47-44-41-38-24-21-18-15-12-9-6-3)68-66(75)60(71)54-51-48-45-42-39-36-34-28-26-23-20-17-14-11-8-5-2/h7,10,16,19,25-28,30-31,33,35,40,43,50,53,58-61,63-65,67,69-71,73-74H,4-6,8-9,11-15,17-18,20-24,29,32,34,36-39,41-42,44-49,51-52,54-57H2,1-3H3,(H,68,75)/b10-7-,19-16-,27-25-,28-26+,31-30-,35-33-,43-40-,53-50+. The number of aliphatic hydroxyl groups is 5. The molecule has 1 heterocycles. The quantitative estimate of drug-likeness (QED) is 0.0195. The minimum absolute atomic E-state index is 0.0637. The van der Waals surface area contributed by atoms with Gasteiger partial charge in [-0.05, 0) is 103 Å². The molecule has 78 heavy (non-hydrogen) atoms. The molecule has 0 saturated carbocycles. The molecule has 1 saturated heterocycles. The van der Waals surface area contributed by atoms with Gasteiger partial charge in [-0.25, -0.2) is 0 Å². The van der Waals surface area contributed by atoms with Crippen molar-refractivity contribution < 1.29 is 49.3 Å². The number of allylic oxidation sites excluding steroid dienone is 15. The maximum atomic E-state index is 13.4. The minimum Gasteiger partial charge on any atom is -0.454 e. The molecule has 8 unspecified atom stereocenters. The van der Waals surface area contributed by atoms with E-state index < -0.39 is 67.4 Å². The zero-order valence-electron chi connectivity index (χ0n) is 49.5. The van der Waals surface area contributed by atoms with Crippen molar-refractivity contribution >= 4 is 11.9 Å². The Kier molecular flexibility index (Phi) is 50.4. The van der Waals surface area contributed by atoms with Crippen molar-refractivity contribution in [3.63, 3.8) is 0 Å². The number of rotatable bonds is 52. The van der Waals surface area contributed by atoms with Crippen LogP contribution in [-0.4, -0.2) is 99.6 Å². The molecule has 0 spiro atoms. The number of hydrogen-bond donors (Lipinski definition) is 6. The Morgan fingerprint density at radius 2 is 0.923 bits per heavy atom. The molecule has 1 amide bonds. The van der Waals surface area contributed by atoms with Crippen LogP contribution in [0.2, 0.25) is 0 Å². The van der Waals surface area contributed by atoms with E-state index in [0.29, 0.717) is 12.8 Å². The largest absolute Gasteiger partial charge is 0.454 e. The lowest BCUT2D eigenvalue weighted by Gasteiger charge is -2.41. The van der Waals surface area contributed by atoms with Crippen LogP contribution in [0.25, 0.3) is 0 Å². The molecule has 8 atom stereocenters. The van der Waals surface area contributed by atoms with Crippen molar-refractivity contribution in [3.8, 4) is 0 Å². The second-order valence-corrected chi connectivity index (χ2v) is 21.4. The Balaban J connectivity index is 2.71. The normalized spacial score (nSPS) is 19.6. The maximum absolute atomic E-state index is 13.4. The summed E-state index contributed by atoms with van der Waals surface area (Å²) >= 11 is 0. The van der Waals surface area contributed by atoms with E-state index in [-0.39, 0.29) is 19.4 Å². The molecule has 0 aliphatic carbocycles.